The number of likely N-dealkylation sites (N-methyl/N-ethyl adjacent to an activating group) is 1. The zero-order valence-corrected chi connectivity index (χ0v) is 9.61. The Hall–Kier alpha value is -0.860. The van der Waals surface area contributed by atoms with Crippen molar-refractivity contribution in [3.63, 3.8) is 0 Å². The van der Waals surface area contributed by atoms with Gasteiger partial charge >= 0.3 is 0 Å². The minimum absolute atomic E-state index is 0.658. The van der Waals surface area contributed by atoms with Crippen LogP contribution in [-0.4, -0.2) is 30.6 Å². The van der Waals surface area contributed by atoms with E-state index in [4.69, 9.17) is 0 Å². The van der Waals surface area contributed by atoms with Gasteiger partial charge in [0.25, 0.3) is 0 Å². The molecular weight excluding hydrogens is 184 g/mol. The zero-order valence-electron chi connectivity index (χ0n) is 9.61. The van der Waals surface area contributed by atoms with Gasteiger partial charge in [-0.2, -0.15) is 0 Å². The first-order chi connectivity index (χ1) is 7.25. The van der Waals surface area contributed by atoms with Crippen molar-refractivity contribution in [2.45, 2.75) is 32.0 Å². The molecule has 82 valence electrons. The van der Waals surface area contributed by atoms with Gasteiger partial charge < -0.3 is 10.2 Å². The van der Waals surface area contributed by atoms with Gasteiger partial charge in [-0.15, -0.1) is 0 Å². The van der Waals surface area contributed by atoms with Crippen LogP contribution in [-0.2, 0) is 6.54 Å². The maximum Gasteiger partial charge on any atom is 0.0212 e. The molecule has 2 heteroatoms. The Morgan fingerprint density at radius 1 is 1.33 bits per heavy atom. The first kappa shape index (κ1) is 10.7. The lowest BCUT2D eigenvalue weighted by Gasteiger charge is -2.13. The third-order valence-corrected chi connectivity index (χ3v) is 3.32. The molecule has 1 aliphatic heterocycles. The molecule has 1 aromatic rings. The number of benzene rings is 1. The van der Waals surface area contributed by atoms with Crippen molar-refractivity contribution in [2.75, 3.05) is 13.6 Å². The van der Waals surface area contributed by atoms with Crippen LogP contribution in [0.4, 0.5) is 0 Å². The summed E-state index contributed by atoms with van der Waals surface area (Å²) in [5.74, 6) is 0. The van der Waals surface area contributed by atoms with Gasteiger partial charge in [-0.25, -0.2) is 0 Å². The van der Waals surface area contributed by atoms with Crippen LogP contribution < -0.4 is 5.32 Å². The molecule has 0 bridgehead atoms. The van der Waals surface area contributed by atoms with E-state index < -0.39 is 0 Å². The van der Waals surface area contributed by atoms with Crippen LogP contribution in [0.25, 0.3) is 0 Å². The molecule has 0 spiro atoms. The lowest BCUT2D eigenvalue weighted by atomic mass is 10.1. The van der Waals surface area contributed by atoms with Gasteiger partial charge in [0.2, 0.25) is 0 Å². The van der Waals surface area contributed by atoms with E-state index in [0.717, 1.165) is 12.6 Å². The van der Waals surface area contributed by atoms with Crippen LogP contribution in [0.1, 0.15) is 18.9 Å². The Morgan fingerprint density at radius 3 is 2.67 bits per heavy atom. The quantitative estimate of drug-likeness (QED) is 0.808. The van der Waals surface area contributed by atoms with Crippen molar-refractivity contribution in [3.05, 3.63) is 35.9 Å². The SMILES string of the molecule is CC1CC(NCc2ccccc2)CN1C. The van der Waals surface area contributed by atoms with E-state index in [-0.39, 0.29) is 0 Å². The fourth-order valence-corrected chi connectivity index (χ4v) is 2.20. The number of nitrogens with one attached hydrogen (secondary N) is 1. The van der Waals surface area contributed by atoms with Gasteiger partial charge in [-0.1, -0.05) is 30.3 Å². The number of nitrogens with zero attached hydrogens (tertiary/aromatic N) is 1. The third kappa shape index (κ3) is 2.80. The third-order valence-electron chi connectivity index (χ3n) is 3.32. The molecule has 1 N–H and O–H groups in total. The van der Waals surface area contributed by atoms with Gasteiger partial charge in [0.15, 0.2) is 0 Å². The normalized spacial score (nSPS) is 27.1. The molecule has 2 nitrogen and oxygen atoms in total. The highest BCUT2D eigenvalue weighted by Crippen LogP contribution is 2.15. The highest BCUT2D eigenvalue weighted by molar-refractivity contribution is 5.14. The summed E-state index contributed by atoms with van der Waals surface area (Å²) in [5, 5.41) is 3.62. The predicted molar refractivity (Wildman–Crippen MR) is 63.8 cm³/mol. The Balaban J connectivity index is 1.80. The van der Waals surface area contributed by atoms with Gasteiger partial charge in [-0.05, 0) is 26.0 Å². The standard InChI is InChI=1S/C13H20N2/c1-11-8-13(10-15(11)2)14-9-12-6-4-3-5-7-12/h3-7,11,13-14H,8-10H2,1-2H3. The number of rotatable bonds is 3. The predicted octanol–water partition coefficient (Wildman–Crippen LogP) is 1.87. The van der Waals surface area contributed by atoms with Gasteiger partial charge in [-0.3, -0.25) is 0 Å². The molecule has 0 aromatic heterocycles. The van der Waals surface area contributed by atoms with Gasteiger partial charge in [0.05, 0.1) is 0 Å². The van der Waals surface area contributed by atoms with Crippen molar-refractivity contribution >= 4 is 0 Å². The first-order valence-electron chi connectivity index (χ1n) is 5.73. The Labute approximate surface area is 92.3 Å². The van der Waals surface area contributed by atoms with E-state index in [2.05, 4.69) is 54.5 Å². The van der Waals surface area contributed by atoms with E-state index in [0.29, 0.717) is 6.04 Å². The highest BCUT2D eigenvalue weighted by atomic mass is 15.2. The summed E-state index contributed by atoms with van der Waals surface area (Å²) in [7, 11) is 2.20. The topological polar surface area (TPSA) is 15.3 Å². The molecule has 1 heterocycles. The molecule has 0 aliphatic carbocycles. The van der Waals surface area contributed by atoms with Crippen molar-refractivity contribution in [3.8, 4) is 0 Å². The van der Waals surface area contributed by atoms with Gasteiger partial charge in [0.1, 0.15) is 0 Å². The smallest absolute Gasteiger partial charge is 0.0212 e. The van der Waals surface area contributed by atoms with Crippen molar-refractivity contribution in [1.29, 1.82) is 0 Å². The number of hydrogen-bond acceptors (Lipinski definition) is 2. The van der Waals surface area contributed by atoms with Crippen LogP contribution in [0.3, 0.4) is 0 Å². The van der Waals surface area contributed by atoms with Crippen LogP contribution >= 0.6 is 0 Å². The molecule has 2 rings (SSSR count). The molecule has 1 aromatic carbocycles. The van der Waals surface area contributed by atoms with E-state index in [1.54, 1.807) is 0 Å². The minimum atomic E-state index is 0.658. The second-order valence-corrected chi connectivity index (χ2v) is 4.59. The molecule has 2 atom stereocenters. The fraction of sp³-hybridized carbons (Fsp3) is 0.538. The summed E-state index contributed by atoms with van der Waals surface area (Å²) in [6.07, 6.45) is 1.27. The van der Waals surface area contributed by atoms with E-state index in [9.17, 15) is 0 Å². The molecule has 0 amide bonds. The number of likely N-dealkylation sites (tertiary alicyclic amines) is 1. The minimum Gasteiger partial charge on any atom is -0.309 e. The monoisotopic (exact) mass is 204 g/mol. The second-order valence-electron chi connectivity index (χ2n) is 4.59. The molecule has 15 heavy (non-hydrogen) atoms. The molecule has 1 aliphatic rings. The summed E-state index contributed by atoms with van der Waals surface area (Å²) >= 11 is 0. The van der Waals surface area contributed by atoms with Crippen LogP contribution in [0.15, 0.2) is 30.3 Å². The lowest BCUT2D eigenvalue weighted by Crippen LogP contribution is -2.31. The number of hydrogen-bond donors (Lipinski definition) is 1. The van der Waals surface area contributed by atoms with Crippen LogP contribution in [0.2, 0.25) is 0 Å². The highest BCUT2D eigenvalue weighted by Gasteiger charge is 2.25. The summed E-state index contributed by atoms with van der Waals surface area (Å²) < 4.78 is 0. The molecule has 0 saturated carbocycles. The summed E-state index contributed by atoms with van der Waals surface area (Å²) in [6.45, 7) is 4.46. The molecule has 0 radical (unpaired) electrons. The van der Waals surface area contributed by atoms with Gasteiger partial charge in [0, 0.05) is 25.2 Å². The molecule has 1 fully saturated rings. The van der Waals surface area contributed by atoms with E-state index in [1.165, 1.54) is 18.5 Å². The largest absolute Gasteiger partial charge is 0.309 e. The van der Waals surface area contributed by atoms with Crippen LogP contribution in [0.5, 0.6) is 0 Å². The van der Waals surface area contributed by atoms with Crippen molar-refractivity contribution in [1.82, 2.24) is 10.2 Å². The molecule has 1 saturated heterocycles. The fourth-order valence-electron chi connectivity index (χ4n) is 2.20. The zero-order chi connectivity index (χ0) is 10.7. The van der Waals surface area contributed by atoms with E-state index >= 15 is 0 Å². The Kier molecular flexibility index (Phi) is 3.39. The molecule has 2 unspecified atom stereocenters. The maximum absolute atomic E-state index is 3.62. The maximum atomic E-state index is 3.62. The van der Waals surface area contributed by atoms with Crippen molar-refractivity contribution < 1.29 is 0 Å². The molecular formula is C13H20N2. The average molecular weight is 204 g/mol. The second kappa shape index (κ2) is 4.77. The summed E-state index contributed by atoms with van der Waals surface area (Å²) in [6, 6.07) is 12.0. The Bertz CT molecular complexity index is 287. The average Bonchev–Trinajstić information content (AvgIpc) is 2.57. The Morgan fingerprint density at radius 2 is 2.07 bits per heavy atom. The van der Waals surface area contributed by atoms with Crippen molar-refractivity contribution in [2.24, 2.45) is 0 Å². The van der Waals surface area contributed by atoms with E-state index in [1.807, 2.05) is 0 Å². The first-order valence-corrected chi connectivity index (χ1v) is 5.73. The summed E-state index contributed by atoms with van der Waals surface area (Å²) in [5.41, 5.74) is 1.37. The lowest BCUT2D eigenvalue weighted by molar-refractivity contribution is 0.326. The van der Waals surface area contributed by atoms with Crippen LogP contribution in [0, 0.1) is 0 Å². The summed E-state index contributed by atoms with van der Waals surface area (Å²) in [4.78, 5) is 2.42.